The van der Waals surface area contributed by atoms with Crippen LogP contribution in [0.4, 0.5) is 0 Å². The predicted molar refractivity (Wildman–Crippen MR) is 62.6 cm³/mol. The Labute approximate surface area is 101 Å². The Balaban J connectivity index is 1.98. The minimum Gasteiger partial charge on any atom is -0.381 e. The summed E-state index contributed by atoms with van der Waals surface area (Å²) in [5.41, 5.74) is 0.956. The number of halogens is 1. The molecule has 1 N–H and O–H groups in total. The number of aromatic amines is 1. The second kappa shape index (κ2) is 3.85. The van der Waals surface area contributed by atoms with Crippen LogP contribution in [0.15, 0.2) is 4.60 Å². The fraction of sp³-hybridized carbons (Fsp3) is 0.600. The van der Waals surface area contributed by atoms with E-state index in [0.29, 0.717) is 5.92 Å². The van der Waals surface area contributed by atoms with Crippen LogP contribution in [-0.2, 0) is 4.74 Å². The predicted octanol–water partition coefficient (Wildman–Crippen LogP) is 2.02. The van der Waals surface area contributed by atoms with E-state index < -0.39 is 0 Å². The standard InChI is InChI=1S/C10H13BrN4O/c1-6-8(11)15-10(12-6)13-9(14-15)7-2-4-16-5-3-7/h7H,2-5H2,1H3,(H,12,13,14). The number of nitrogens with zero attached hydrogens (tertiary/aromatic N) is 3. The first-order valence-electron chi connectivity index (χ1n) is 5.44. The van der Waals surface area contributed by atoms with Crippen molar-refractivity contribution in [2.24, 2.45) is 0 Å². The van der Waals surface area contributed by atoms with Crippen molar-refractivity contribution >= 4 is 21.7 Å². The summed E-state index contributed by atoms with van der Waals surface area (Å²) < 4.78 is 8.19. The highest BCUT2D eigenvalue weighted by Gasteiger charge is 2.20. The van der Waals surface area contributed by atoms with Gasteiger partial charge < -0.3 is 4.74 Å². The molecule has 3 rings (SSSR count). The monoisotopic (exact) mass is 284 g/mol. The SMILES string of the molecule is Cc1nc2nc(C3CCOCC3)[nH]n2c1Br. The van der Waals surface area contributed by atoms with Crippen molar-refractivity contribution in [3.05, 3.63) is 16.1 Å². The van der Waals surface area contributed by atoms with Crippen LogP contribution in [0.1, 0.15) is 30.3 Å². The van der Waals surface area contributed by atoms with E-state index in [4.69, 9.17) is 4.74 Å². The van der Waals surface area contributed by atoms with Gasteiger partial charge in [-0.2, -0.15) is 4.98 Å². The zero-order valence-electron chi connectivity index (χ0n) is 9.03. The molecule has 0 bridgehead atoms. The summed E-state index contributed by atoms with van der Waals surface area (Å²) in [6.45, 7) is 3.61. The molecule has 5 nitrogen and oxygen atoms in total. The molecule has 86 valence electrons. The van der Waals surface area contributed by atoms with Crippen molar-refractivity contribution in [3.63, 3.8) is 0 Å². The lowest BCUT2D eigenvalue weighted by Crippen LogP contribution is -2.15. The molecule has 1 saturated heterocycles. The number of ether oxygens (including phenoxy) is 1. The second-order valence-electron chi connectivity index (χ2n) is 4.12. The molecule has 0 radical (unpaired) electrons. The molecule has 1 fully saturated rings. The van der Waals surface area contributed by atoms with E-state index in [2.05, 4.69) is 31.0 Å². The molecule has 2 aromatic rings. The zero-order valence-corrected chi connectivity index (χ0v) is 10.6. The summed E-state index contributed by atoms with van der Waals surface area (Å²) in [7, 11) is 0. The van der Waals surface area contributed by atoms with Gasteiger partial charge in [-0.05, 0) is 35.7 Å². The number of hydrogen-bond donors (Lipinski definition) is 1. The van der Waals surface area contributed by atoms with Crippen LogP contribution in [-0.4, -0.2) is 32.8 Å². The van der Waals surface area contributed by atoms with Crippen LogP contribution in [0.3, 0.4) is 0 Å². The Bertz CT molecular complexity index is 512. The molecule has 1 aliphatic rings. The topological polar surface area (TPSA) is 55.2 Å². The van der Waals surface area contributed by atoms with Crippen molar-refractivity contribution in [3.8, 4) is 0 Å². The summed E-state index contributed by atoms with van der Waals surface area (Å²) in [4.78, 5) is 8.90. The molecule has 1 aliphatic heterocycles. The van der Waals surface area contributed by atoms with Gasteiger partial charge in [0.05, 0.1) is 5.69 Å². The molecule has 16 heavy (non-hydrogen) atoms. The molecule has 0 unspecified atom stereocenters. The minimum atomic E-state index is 0.475. The number of H-pyrrole nitrogens is 1. The highest BCUT2D eigenvalue weighted by Crippen LogP contribution is 2.26. The normalized spacial score (nSPS) is 18.4. The third-order valence-corrected chi connectivity index (χ3v) is 3.95. The highest BCUT2D eigenvalue weighted by molar-refractivity contribution is 9.10. The average molecular weight is 285 g/mol. The Hall–Kier alpha value is -0.880. The lowest BCUT2D eigenvalue weighted by molar-refractivity contribution is 0.0836. The van der Waals surface area contributed by atoms with E-state index in [9.17, 15) is 0 Å². The van der Waals surface area contributed by atoms with E-state index in [0.717, 1.165) is 48.0 Å². The number of hydrogen-bond acceptors (Lipinski definition) is 3. The fourth-order valence-corrected chi connectivity index (χ4v) is 2.41. The lowest BCUT2D eigenvalue weighted by Gasteiger charge is -2.19. The third kappa shape index (κ3) is 1.56. The van der Waals surface area contributed by atoms with Crippen LogP contribution in [0.25, 0.3) is 5.78 Å². The third-order valence-electron chi connectivity index (χ3n) is 3.02. The van der Waals surface area contributed by atoms with E-state index in [1.807, 2.05) is 11.4 Å². The van der Waals surface area contributed by atoms with Gasteiger partial charge in [0, 0.05) is 19.1 Å². The molecular weight excluding hydrogens is 272 g/mol. The number of imidazole rings is 1. The molecule has 0 atom stereocenters. The van der Waals surface area contributed by atoms with Gasteiger partial charge in [0.25, 0.3) is 5.78 Å². The lowest BCUT2D eigenvalue weighted by atomic mass is 10.00. The van der Waals surface area contributed by atoms with Gasteiger partial charge in [-0.15, -0.1) is 0 Å². The molecule has 3 heterocycles. The van der Waals surface area contributed by atoms with Crippen molar-refractivity contribution in [1.29, 1.82) is 0 Å². The van der Waals surface area contributed by atoms with Crippen molar-refractivity contribution in [1.82, 2.24) is 19.6 Å². The summed E-state index contributed by atoms with van der Waals surface area (Å²) in [5, 5.41) is 3.30. The summed E-state index contributed by atoms with van der Waals surface area (Å²) in [5.74, 6) is 2.24. The van der Waals surface area contributed by atoms with E-state index in [1.54, 1.807) is 0 Å². The first-order valence-corrected chi connectivity index (χ1v) is 6.23. The van der Waals surface area contributed by atoms with E-state index >= 15 is 0 Å². The van der Waals surface area contributed by atoms with E-state index in [-0.39, 0.29) is 0 Å². The van der Waals surface area contributed by atoms with Gasteiger partial charge in [-0.3, -0.25) is 5.10 Å². The maximum Gasteiger partial charge on any atom is 0.251 e. The van der Waals surface area contributed by atoms with Crippen LogP contribution < -0.4 is 0 Å². The molecule has 0 spiro atoms. The van der Waals surface area contributed by atoms with Crippen LogP contribution in [0.2, 0.25) is 0 Å². The number of aromatic nitrogens is 4. The zero-order chi connectivity index (χ0) is 11.1. The Kier molecular flexibility index (Phi) is 2.48. The maximum absolute atomic E-state index is 5.35. The highest BCUT2D eigenvalue weighted by atomic mass is 79.9. The Morgan fingerprint density at radius 3 is 2.81 bits per heavy atom. The van der Waals surface area contributed by atoms with Crippen LogP contribution >= 0.6 is 15.9 Å². The number of fused-ring (bicyclic) bond motifs is 1. The van der Waals surface area contributed by atoms with Gasteiger partial charge in [0.2, 0.25) is 0 Å². The first kappa shape index (κ1) is 10.3. The average Bonchev–Trinajstić information content (AvgIpc) is 2.82. The summed E-state index contributed by atoms with van der Waals surface area (Å²) in [6.07, 6.45) is 2.07. The molecule has 2 aromatic heterocycles. The number of rotatable bonds is 1. The van der Waals surface area contributed by atoms with Gasteiger partial charge in [0.1, 0.15) is 10.4 Å². The van der Waals surface area contributed by atoms with Crippen molar-refractivity contribution < 1.29 is 4.74 Å². The maximum atomic E-state index is 5.35. The summed E-state index contributed by atoms with van der Waals surface area (Å²) >= 11 is 3.49. The van der Waals surface area contributed by atoms with E-state index in [1.165, 1.54) is 0 Å². The minimum absolute atomic E-state index is 0.475. The van der Waals surface area contributed by atoms with Gasteiger partial charge in [-0.1, -0.05) is 0 Å². The molecule has 0 amide bonds. The summed E-state index contributed by atoms with van der Waals surface area (Å²) in [6, 6.07) is 0. The quantitative estimate of drug-likeness (QED) is 0.872. The Morgan fingerprint density at radius 1 is 1.38 bits per heavy atom. The first-order chi connectivity index (χ1) is 7.75. The molecule has 0 aliphatic carbocycles. The number of nitrogens with one attached hydrogen (secondary N) is 1. The van der Waals surface area contributed by atoms with Gasteiger partial charge in [-0.25, -0.2) is 9.50 Å². The van der Waals surface area contributed by atoms with Crippen LogP contribution in [0, 0.1) is 6.92 Å². The number of aryl methyl sites for hydroxylation is 1. The largest absolute Gasteiger partial charge is 0.381 e. The van der Waals surface area contributed by atoms with Crippen molar-refractivity contribution in [2.75, 3.05) is 13.2 Å². The van der Waals surface area contributed by atoms with Gasteiger partial charge in [0.15, 0.2) is 0 Å². The molecule has 0 aromatic carbocycles. The van der Waals surface area contributed by atoms with Crippen LogP contribution in [0.5, 0.6) is 0 Å². The smallest absolute Gasteiger partial charge is 0.251 e. The molecule has 0 saturated carbocycles. The fourth-order valence-electron chi connectivity index (χ4n) is 2.07. The van der Waals surface area contributed by atoms with Gasteiger partial charge >= 0.3 is 0 Å². The second-order valence-corrected chi connectivity index (χ2v) is 4.87. The molecule has 6 heteroatoms. The Morgan fingerprint density at radius 2 is 2.12 bits per heavy atom. The molecular formula is C10H13BrN4O. The van der Waals surface area contributed by atoms with Crippen molar-refractivity contribution in [2.45, 2.75) is 25.7 Å².